The Balaban J connectivity index is 1.39. The number of hydrogen-bond donors (Lipinski definition) is 2. The molecule has 2 saturated heterocycles. The van der Waals surface area contributed by atoms with Gasteiger partial charge in [0, 0.05) is 55.4 Å². The number of nitrogens with zero attached hydrogens (tertiary/aromatic N) is 3. The Kier molecular flexibility index (Phi) is 7.06. The SMILES string of the molecule is Cc1nc2cccc(NCc3ccc(CN4CCSCC4)cc3F)c2c(=O)n1C1CCC(=O)NC1=O. The van der Waals surface area contributed by atoms with Gasteiger partial charge in [0.2, 0.25) is 11.8 Å². The fourth-order valence-electron chi connectivity index (χ4n) is 4.84. The van der Waals surface area contributed by atoms with E-state index in [0.29, 0.717) is 28.0 Å². The lowest BCUT2D eigenvalue weighted by Crippen LogP contribution is -2.45. The number of aromatic nitrogens is 2. The molecule has 2 aliphatic rings. The molecular weight excluding hydrogens is 481 g/mol. The third-order valence-corrected chi connectivity index (χ3v) is 7.67. The summed E-state index contributed by atoms with van der Waals surface area (Å²) in [6.45, 7) is 4.63. The van der Waals surface area contributed by atoms with E-state index < -0.39 is 11.9 Å². The summed E-state index contributed by atoms with van der Waals surface area (Å²) in [5, 5.41) is 5.82. The predicted molar refractivity (Wildman–Crippen MR) is 138 cm³/mol. The Labute approximate surface area is 212 Å². The minimum atomic E-state index is -0.802. The molecule has 5 rings (SSSR count). The first-order valence-corrected chi connectivity index (χ1v) is 13.2. The van der Waals surface area contributed by atoms with Crippen LogP contribution in [0.4, 0.5) is 10.1 Å². The standard InChI is InChI=1S/C26H28FN5O3S/c1-16-29-21-4-2-3-20(24(21)26(35)32(16)22-7-8-23(33)30-25(22)34)28-14-18-6-5-17(13-19(18)27)15-31-9-11-36-12-10-31/h2-6,13,22,28H,7-12,14-15H2,1H3,(H,30,33,34). The molecule has 0 radical (unpaired) electrons. The number of benzene rings is 2. The third-order valence-electron chi connectivity index (χ3n) is 6.72. The molecule has 188 valence electrons. The highest BCUT2D eigenvalue weighted by molar-refractivity contribution is 7.99. The Morgan fingerprint density at radius 1 is 1.17 bits per heavy atom. The minimum absolute atomic E-state index is 0.159. The summed E-state index contributed by atoms with van der Waals surface area (Å²) in [5.74, 6) is 1.47. The van der Waals surface area contributed by atoms with Gasteiger partial charge >= 0.3 is 0 Å². The fraction of sp³-hybridized carbons (Fsp3) is 0.385. The van der Waals surface area contributed by atoms with Gasteiger partial charge in [-0.05, 0) is 37.1 Å². The van der Waals surface area contributed by atoms with Gasteiger partial charge < -0.3 is 5.32 Å². The predicted octanol–water partition coefficient (Wildman–Crippen LogP) is 2.98. The summed E-state index contributed by atoms with van der Waals surface area (Å²) in [4.78, 5) is 44.5. The number of anilines is 1. The summed E-state index contributed by atoms with van der Waals surface area (Å²) >= 11 is 1.95. The number of amides is 2. The van der Waals surface area contributed by atoms with E-state index in [-0.39, 0.29) is 36.7 Å². The number of carbonyl (C=O) groups excluding carboxylic acids is 2. The molecule has 0 bridgehead atoms. The molecule has 36 heavy (non-hydrogen) atoms. The highest BCUT2D eigenvalue weighted by Gasteiger charge is 2.30. The lowest BCUT2D eigenvalue weighted by molar-refractivity contribution is -0.135. The average molecular weight is 510 g/mol. The molecule has 2 fully saturated rings. The summed E-state index contributed by atoms with van der Waals surface area (Å²) in [7, 11) is 0. The number of piperidine rings is 1. The minimum Gasteiger partial charge on any atom is -0.380 e. The van der Waals surface area contributed by atoms with Crippen LogP contribution in [0.3, 0.4) is 0 Å². The van der Waals surface area contributed by atoms with Crippen molar-refractivity contribution in [3.63, 3.8) is 0 Å². The van der Waals surface area contributed by atoms with Gasteiger partial charge in [-0.25, -0.2) is 9.37 Å². The molecule has 10 heteroatoms. The highest BCUT2D eigenvalue weighted by Crippen LogP contribution is 2.24. The van der Waals surface area contributed by atoms with Gasteiger partial charge in [0.15, 0.2) is 0 Å². The number of thioether (sulfide) groups is 1. The van der Waals surface area contributed by atoms with Crippen LogP contribution in [0, 0.1) is 12.7 Å². The zero-order valence-electron chi connectivity index (χ0n) is 20.1. The molecule has 2 N–H and O–H groups in total. The molecule has 1 unspecified atom stereocenters. The lowest BCUT2D eigenvalue weighted by Gasteiger charge is -2.26. The molecule has 1 atom stereocenters. The maximum atomic E-state index is 14.9. The summed E-state index contributed by atoms with van der Waals surface area (Å²) in [6.07, 6.45) is 0.397. The Bertz CT molecular complexity index is 1390. The molecule has 2 amide bonds. The van der Waals surface area contributed by atoms with E-state index in [2.05, 4.69) is 20.5 Å². The van der Waals surface area contributed by atoms with Crippen LogP contribution in [-0.2, 0) is 22.7 Å². The second-order valence-electron chi connectivity index (χ2n) is 9.17. The molecule has 0 aliphatic carbocycles. The number of carbonyl (C=O) groups is 2. The van der Waals surface area contributed by atoms with Crippen LogP contribution in [0.15, 0.2) is 41.2 Å². The zero-order valence-corrected chi connectivity index (χ0v) is 20.9. The normalized spacial score (nSPS) is 18.9. The van der Waals surface area contributed by atoms with E-state index in [1.54, 1.807) is 37.3 Å². The summed E-state index contributed by atoms with van der Waals surface area (Å²) in [5.41, 5.74) is 2.07. The van der Waals surface area contributed by atoms with Crippen molar-refractivity contribution >= 4 is 40.2 Å². The largest absolute Gasteiger partial charge is 0.380 e. The van der Waals surface area contributed by atoms with Crippen molar-refractivity contribution in [3.8, 4) is 0 Å². The topological polar surface area (TPSA) is 96.3 Å². The number of halogens is 1. The first-order valence-electron chi connectivity index (χ1n) is 12.1. The molecule has 2 aliphatic heterocycles. The molecular formula is C26H28FN5O3S. The van der Waals surface area contributed by atoms with Crippen molar-refractivity contribution in [2.75, 3.05) is 29.9 Å². The molecule has 3 aromatic rings. The van der Waals surface area contributed by atoms with Crippen molar-refractivity contribution in [1.82, 2.24) is 19.8 Å². The van der Waals surface area contributed by atoms with Gasteiger partial charge in [0.1, 0.15) is 17.7 Å². The van der Waals surface area contributed by atoms with Crippen LogP contribution in [0.1, 0.15) is 35.8 Å². The molecule has 8 nitrogen and oxygen atoms in total. The van der Waals surface area contributed by atoms with Crippen LogP contribution in [-0.4, -0.2) is 50.9 Å². The van der Waals surface area contributed by atoms with Crippen LogP contribution in [0.2, 0.25) is 0 Å². The monoisotopic (exact) mass is 509 g/mol. The third kappa shape index (κ3) is 5.01. The average Bonchev–Trinajstić information content (AvgIpc) is 2.85. The van der Waals surface area contributed by atoms with Gasteiger partial charge in [-0.3, -0.25) is 29.2 Å². The number of imide groups is 1. The number of hydrogen-bond acceptors (Lipinski definition) is 7. The quantitative estimate of drug-likeness (QED) is 0.493. The van der Waals surface area contributed by atoms with Crippen LogP contribution < -0.4 is 16.2 Å². The second kappa shape index (κ2) is 10.4. The van der Waals surface area contributed by atoms with Crippen molar-refractivity contribution in [2.45, 2.75) is 38.9 Å². The first kappa shape index (κ1) is 24.5. The Hall–Kier alpha value is -3.24. The lowest BCUT2D eigenvalue weighted by atomic mass is 10.0. The van der Waals surface area contributed by atoms with Crippen molar-refractivity contribution < 1.29 is 14.0 Å². The molecule has 3 heterocycles. The van der Waals surface area contributed by atoms with E-state index in [1.807, 2.05) is 17.8 Å². The van der Waals surface area contributed by atoms with Gasteiger partial charge in [0.05, 0.1) is 10.9 Å². The van der Waals surface area contributed by atoms with Gasteiger partial charge in [-0.15, -0.1) is 0 Å². The zero-order chi connectivity index (χ0) is 25.2. The smallest absolute Gasteiger partial charge is 0.264 e. The molecule has 0 saturated carbocycles. The summed E-state index contributed by atoms with van der Waals surface area (Å²) in [6, 6.07) is 9.78. The molecule has 0 spiro atoms. The van der Waals surface area contributed by atoms with Crippen molar-refractivity contribution in [2.24, 2.45) is 0 Å². The molecule has 1 aromatic heterocycles. The Morgan fingerprint density at radius 2 is 1.97 bits per heavy atom. The van der Waals surface area contributed by atoms with E-state index >= 15 is 0 Å². The van der Waals surface area contributed by atoms with Gasteiger partial charge in [-0.2, -0.15) is 11.8 Å². The maximum absolute atomic E-state index is 14.9. The fourth-order valence-corrected chi connectivity index (χ4v) is 5.82. The van der Waals surface area contributed by atoms with Crippen molar-refractivity contribution in [1.29, 1.82) is 0 Å². The number of nitrogens with one attached hydrogen (secondary N) is 2. The van der Waals surface area contributed by atoms with Crippen LogP contribution >= 0.6 is 11.8 Å². The second-order valence-corrected chi connectivity index (χ2v) is 10.4. The van der Waals surface area contributed by atoms with E-state index in [0.717, 1.165) is 36.7 Å². The van der Waals surface area contributed by atoms with Crippen molar-refractivity contribution in [3.05, 3.63) is 69.5 Å². The first-order chi connectivity index (χ1) is 17.4. The van der Waals surface area contributed by atoms with Gasteiger partial charge in [0.25, 0.3) is 5.56 Å². The number of fused-ring (bicyclic) bond motifs is 1. The summed E-state index contributed by atoms with van der Waals surface area (Å²) < 4.78 is 16.3. The number of rotatable bonds is 6. The van der Waals surface area contributed by atoms with E-state index in [1.165, 1.54) is 4.57 Å². The number of aryl methyl sites for hydroxylation is 1. The molecule has 2 aromatic carbocycles. The maximum Gasteiger partial charge on any atom is 0.264 e. The van der Waals surface area contributed by atoms with E-state index in [4.69, 9.17) is 0 Å². The van der Waals surface area contributed by atoms with E-state index in [9.17, 15) is 18.8 Å². The highest BCUT2D eigenvalue weighted by atomic mass is 32.2. The Morgan fingerprint density at radius 3 is 2.72 bits per heavy atom. The van der Waals surface area contributed by atoms with Crippen LogP contribution in [0.5, 0.6) is 0 Å². The van der Waals surface area contributed by atoms with Gasteiger partial charge in [-0.1, -0.05) is 18.2 Å². The van der Waals surface area contributed by atoms with Crippen LogP contribution in [0.25, 0.3) is 10.9 Å².